The zero-order valence-electron chi connectivity index (χ0n) is 9.42. The predicted octanol–water partition coefficient (Wildman–Crippen LogP) is 2.79. The molecule has 0 fully saturated rings. The molecule has 0 aliphatic heterocycles. The quantitative estimate of drug-likeness (QED) is 0.792. The summed E-state index contributed by atoms with van der Waals surface area (Å²) in [5, 5.41) is 17.6. The number of rotatable bonds is 2. The highest BCUT2D eigenvalue weighted by molar-refractivity contribution is 9.10. The Balaban J connectivity index is 1.99. The Hall–Kier alpha value is -1.88. The summed E-state index contributed by atoms with van der Waals surface area (Å²) in [6, 6.07) is 11.0. The van der Waals surface area contributed by atoms with Crippen molar-refractivity contribution < 1.29 is 5.11 Å². The van der Waals surface area contributed by atoms with Crippen molar-refractivity contribution in [1.82, 2.24) is 14.6 Å². The lowest BCUT2D eigenvalue weighted by Crippen LogP contribution is -1.96. The molecule has 0 aliphatic carbocycles. The second-order valence-electron chi connectivity index (χ2n) is 4.03. The van der Waals surface area contributed by atoms with Gasteiger partial charge in [0.05, 0.1) is 0 Å². The first-order chi connectivity index (χ1) is 8.72. The van der Waals surface area contributed by atoms with Gasteiger partial charge < -0.3 is 5.11 Å². The Bertz CT molecular complexity index is 691. The van der Waals surface area contributed by atoms with E-state index in [1.807, 2.05) is 34.9 Å². The van der Waals surface area contributed by atoms with E-state index in [4.69, 9.17) is 0 Å². The molecule has 3 rings (SSSR count). The summed E-state index contributed by atoms with van der Waals surface area (Å²) in [5.41, 5.74) is 1.91. The van der Waals surface area contributed by atoms with Crippen LogP contribution in [0.4, 0.5) is 0 Å². The Morgan fingerprint density at radius 2 is 1.83 bits per heavy atom. The van der Waals surface area contributed by atoms with Gasteiger partial charge in [0, 0.05) is 17.1 Å². The van der Waals surface area contributed by atoms with E-state index >= 15 is 0 Å². The zero-order valence-corrected chi connectivity index (χ0v) is 11.0. The van der Waals surface area contributed by atoms with Gasteiger partial charge in [-0.2, -0.15) is 0 Å². The lowest BCUT2D eigenvalue weighted by Gasteiger charge is -2.01. The number of halogens is 1. The summed E-state index contributed by atoms with van der Waals surface area (Å²) in [6.07, 6.45) is 2.63. The first-order valence-electron chi connectivity index (χ1n) is 5.49. The molecule has 0 spiro atoms. The van der Waals surface area contributed by atoms with Gasteiger partial charge in [0.1, 0.15) is 11.6 Å². The van der Waals surface area contributed by atoms with Gasteiger partial charge in [-0.05, 0) is 45.8 Å². The van der Waals surface area contributed by atoms with Crippen LogP contribution in [0.1, 0.15) is 11.4 Å². The van der Waals surface area contributed by atoms with Gasteiger partial charge in [-0.15, -0.1) is 10.2 Å². The molecular weight excluding hydrogens is 294 g/mol. The molecule has 0 saturated heterocycles. The summed E-state index contributed by atoms with van der Waals surface area (Å²) < 4.78 is 2.94. The minimum atomic E-state index is 0.271. The van der Waals surface area contributed by atoms with E-state index in [9.17, 15) is 5.11 Å². The van der Waals surface area contributed by atoms with Gasteiger partial charge in [-0.3, -0.25) is 4.40 Å². The summed E-state index contributed by atoms with van der Waals surface area (Å²) in [6.45, 7) is 0. The molecule has 90 valence electrons. The first kappa shape index (κ1) is 11.2. The largest absolute Gasteiger partial charge is 0.508 e. The van der Waals surface area contributed by atoms with Gasteiger partial charge >= 0.3 is 0 Å². The highest BCUT2D eigenvalue weighted by Crippen LogP contribution is 2.16. The third kappa shape index (κ3) is 2.09. The van der Waals surface area contributed by atoms with Gasteiger partial charge in [-0.1, -0.05) is 12.1 Å². The SMILES string of the molecule is Oc1ccc(Cc2nnc3ccc(Br)cn23)cc1. The van der Waals surface area contributed by atoms with Crippen LogP contribution in [0.25, 0.3) is 5.65 Å². The molecule has 0 aliphatic rings. The minimum Gasteiger partial charge on any atom is -0.508 e. The molecule has 4 nitrogen and oxygen atoms in total. The average Bonchev–Trinajstić information content (AvgIpc) is 2.75. The molecule has 0 amide bonds. The fraction of sp³-hybridized carbons (Fsp3) is 0.0769. The van der Waals surface area contributed by atoms with Crippen molar-refractivity contribution in [3.63, 3.8) is 0 Å². The van der Waals surface area contributed by atoms with Crippen LogP contribution >= 0.6 is 15.9 Å². The fourth-order valence-corrected chi connectivity index (χ4v) is 2.17. The van der Waals surface area contributed by atoms with Crippen molar-refractivity contribution in [3.05, 3.63) is 58.5 Å². The first-order valence-corrected chi connectivity index (χ1v) is 6.29. The van der Waals surface area contributed by atoms with Crippen molar-refractivity contribution in [2.24, 2.45) is 0 Å². The summed E-state index contributed by atoms with van der Waals surface area (Å²) in [5.74, 6) is 1.14. The number of nitrogens with zero attached hydrogens (tertiary/aromatic N) is 3. The smallest absolute Gasteiger partial charge is 0.160 e. The lowest BCUT2D eigenvalue weighted by atomic mass is 10.1. The van der Waals surface area contributed by atoms with E-state index in [0.29, 0.717) is 6.42 Å². The predicted molar refractivity (Wildman–Crippen MR) is 71.6 cm³/mol. The van der Waals surface area contributed by atoms with Gasteiger partial charge in [-0.25, -0.2) is 0 Å². The van der Waals surface area contributed by atoms with Crippen LogP contribution < -0.4 is 0 Å². The van der Waals surface area contributed by atoms with Crippen LogP contribution in [0.5, 0.6) is 5.75 Å². The van der Waals surface area contributed by atoms with Crippen molar-refractivity contribution in [1.29, 1.82) is 0 Å². The maximum atomic E-state index is 9.25. The van der Waals surface area contributed by atoms with Crippen molar-refractivity contribution in [2.75, 3.05) is 0 Å². The summed E-state index contributed by atoms with van der Waals surface area (Å²) >= 11 is 3.44. The second-order valence-corrected chi connectivity index (χ2v) is 4.95. The number of aromatic nitrogens is 3. The number of hydrogen-bond donors (Lipinski definition) is 1. The third-order valence-electron chi connectivity index (χ3n) is 2.74. The van der Waals surface area contributed by atoms with E-state index in [-0.39, 0.29) is 5.75 Å². The molecule has 3 aromatic rings. The number of phenols is 1. The van der Waals surface area contributed by atoms with E-state index < -0.39 is 0 Å². The highest BCUT2D eigenvalue weighted by Gasteiger charge is 2.06. The Morgan fingerprint density at radius 3 is 2.61 bits per heavy atom. The average molecular weight is 304 g/mol. The molecule has 2 heterocycles. The molecule has 0 saturated carbocycles. The van der Waals surface area contributed by atoms with Crippen molar-refractivity contribution >= 4 is 21.6 Å². The van der Waals surface area contributed by atoms with Crippen LogP contribution in [0, 0.1) is 0 Å². The Labute approximate surface area is 112 Å². The van der Waals surface area contributed by atoms with E-state index in [1.54, 1.807) is 12.1 Å². The monoisotopic (exact) mass is 303 g/mol. The van der Waals surface area contributed by atoms with E-state index in [0.717, 1.165) is 21.5 Å². The Kier molecular flexibility index (Phi) is 2.76. The molecule has 0 bridgehead atoms. The molecule has 0 radical (unpaired) electrons. The van der Waals surface area contributed by atoms with Crippen LogP contribution in [0.3, 0.4) is 0 Å². The number of benzene rings is 1. The normalized spacial score (nSPS) is 10.9. The maximum Gasteiger partial charge on any atom is 0.160 e. The minimum absolute atomic E-state index is 0.271. The lowest BCUT2D eigenvalue weighted by molar-refractivity contribution is 0.475. The van der Waals surface area contributed by atoms with E-state index in [1.165, 1.54) is 0 Å². The Morgan fingerprint density at radius 1 is 1.06 bits per heavy atom. The maximum absolute atomic E-state index is 9.25. The molecule has 0 atom stereocenters. The number of aromatic hydroxyl groups is 1. The zero-order chi connectivity index (χ0) is 12.5. The van der Waals surface area contributed by atoms with E-state index in [2.05, 4.69) is 26.1 Å². The number of phenolic OH excluding ortho intramolecular Hbond substituents is 1. The highest BCUT2D eigenvalue weighted by atomic mass is 79.9. The van der Waals surface area contributed by atoms with Gasteiger partial charge in [0.25, 0.3) is 0 Å². The van der Waals surface area contributed by atoms with Gasteiger partial charge in [0.2, 0.25) is 0 Å². The molecule has 18 heavy (non-hydrogen) atoms. The molecule has 1 N–H and O–H groups in total. The molecular formula is C13H10BrN3O. The number of fused-ring (bicyclic) bond motifs is 1. The third-order valence-corrected chi connectivity index (χ3v) is 3.20. The van der Waals surface area contributed by atoms with Crippen molar-refractivity contribution in [3.8, 4) is 5.75 Å². The second kappa shape index (κ2) is 4.42. The number of hydrogen-bond acceptors (Lipinski definition) is 3. The molecule has 2 aromatic heterocycles. The van der Waals surface area contributed by atoms with Crippen LogP contribution in [0.2, 0.25) is 0 Å². The fourth-order valence-electron chi connectivity index (χ4n) is 1.83. The topological polar surface area (TPSA) is 50.4 Å². The molecule has 1 aromatic carbocycles. The standard InChI is InChI=1S/C13H10BrN3O/c14-10-3-6-12-15-16-13(17(12)8-10)7-9-1-4-11(18)5-2-9/h1-6,8,18H,7H2. The van der Waals surface area contributed by atoms with Gasteiger partial charge in [0.15, 0.2) is 5.65 Å². The molecule has 0 unspecified atom stereocenters. The van der Waals surface area contributed by atoms with Crippen LogP contribution in [-0.4, -0.2) is 19.7 Å². The number of pyridine rings is 1. The van der Waals surface area contributed by atoms with Crippen LogP contribution in [-0.2, 0) is 6.42 Å². The van der Waals surface area contributed by atoms with Crippen LogP contribution in [0.15, 0.2) is 47.1 Å². The summed E-state index contributed by atoms with van der Waals surface area (Å²) in [4.78, 5) is 0. The van der Waals surface area contributed by atoms with Crippen molar-refractivity contribution in [2.45, 2.75) is 6.42 Å². The molecule has 5 heteroatoms. The summed E-state index contributed by atoms with van der Waals surface area (Å²) in [7, 11) is 0.